The molecule has 0 bridgehead atoms. The first-order valence-corrected chi connectivity index (χ1v) is 23.8. The Morgan fingerprint density at radius 3 is 2.19 bits per heavy atom. The maximum absolute atomic E-state index is 14.5. The van der Waals surface area contributed by atoms with Crippen LogP contribution in [0.2, 0.25) is 0 Å². The van der Waals surface area contributed by atoms with Crippen LogP contribution in [0, 0.1) is 5.92 Å². The van der Waals surface area contributed by atoms with Gasteiger partial charge in [0.1, 0.15) is 6.61 Å². The van der Waals surface area contributed by atoms with Crippen LogP contribution in [0.4, 0.5) is 9.59 Å². The number of ketones is 1. The van der Waals surface area contributed by atoms with Crippen molar-refractivity contribution in [3.63, 3.8) is 0 Å². The monoisotopic (exact) mass is 865 g/mol. The Morgan fingerprint density at radius 2 is 1.58 bits per heavy atom. The molecule has 3 atom stereocenters. The summed E-state index contributed by atoms with van der Waals surface area (Å²) in [5.74, 6) is 0.206. The van der Waals surface area contributed by atoms with E-state index in [0.717, 1.165) is 26.7 Å². The van der Waals surface area contributed by atoms with Crippen LogP contribution in [0.15, 0.2) is 77.8 Å². The second-order valence-electron chi connectivity index (χ2n) is 15.5. The number of alkyl carbamates (subject to hydrolysis) is 1. The summed E-state index contributed by atoms with van der Waals surface area (Å²) in [4.78, 5) is 54.6. The second-order valence-corrected chi connectivity index (χ2v) is 19.6. The number of urea groups is 1. The molecule has 3 amide bonds. The zero-order valence-corrected chi connectivity index (χ0v) is 37.1. The van der Waals surface area contributed by atoms with Gasteiger partial charge in [-0.2, -0.15) is 4.31 Å². The Balaban J connectivity index is 1.30. The molecule has 4 aromatic rings. The lowest BCUT2D eigenvalue weighted by atomic mass is 9.86. The highest BCUT2D eigenvalue weighted by Gasteiger charge is 2.30. The first-order chi connectivity index (χ1) is 28.4. The summed E-state index contributed by atoms with van der Waals surface area (Å²) in [6.45, 7) is 8.69. The van der Waals surface area contributed by atoms with Gasteiger partial charge >= 0.3 is 12.1 Å². The van der Waals surface area contributed by atoms with Crippen molar-refractivity contribution >= 4 is 50.6 Å². The van der Waals surface area contributed by atoms with Crippen LogP contribution in [0.3, 0.4) is 0 Å². The molecule has 0 saturated carbocycles. The van der Waals surface area contributed by atoms with Crippen LogP contribution in [0.25, 0.3) is 0 Å². The minimum atomic E-state index is -3.28. The summed E-state index contributed by atoms with van der Waals surface area (Å²) >= 11 is 3.00. The number of ether oxygens (including phenoxy) is 1. The van der Waals surface area contributed by atoms with Crippen molar-refractivity contribution in [2.75, 3.05) is 45.5 Å². The van der Waals surface area contributed by atoms with Gasteiger partial charge < -0.3 is 25.2 Å². The summed E-state index contributed by atoms with van der Waals surface area (Å²) in [5, 5.41) is 9.13. The van der Waals surface area contributed by atoms with Crippen molar-refractivity contribution in [3.8, 4) is 0 Å². The molecule has 2 N–H and O–H groups in total. The number of nitrogens with one attached hydrogen (secondary N) is 2. The normalized spacial score (nSPS) is 15.3. The largest absolute Gasteiger partial charge is 0.444 e. The molecule has 0 radical (unpaired) electrons. The van der Waals surface area contributed by atoms with Crippen molar-refractivity contribution in [1.29, 1.82) is 0 Å². The summed E-state index contributed by atoms with van der Waals surface area (Å²) in [6, 6.07) is 18.7. The smallest absolute Gasteiger partial charge is 0.407 e. The van der Waals surface area contributed by atoms with Crippen LogP contribution < -0.4 is 10.6 Å². The zero-order valence-electron chi connectivity index (χ0n) is 34.6. The van der Waals surface area contributed by atoms with Gasteiger partial charge in [-0.25, -0.2) is 23.0 Å². The van der Waals surface area contributed by atoms with Gasteiger partial charge in [0.25, 0.3) is 0 Å². The number of amides is 3. The highest BCUT2D eigenvalue weighted by Crippen LogP contribution is 2.24. The van der Waals surface area contributed by atoms with E-state index in [9.17, 15) is 22.8 Å². The van der Waals surface area contributed by atoms with E-state index in [0.29, 0.717) is 71.4 Å². The molecule has 320 valence electrons. The lowest BCUT2D eigenvalue weighted by molar-refractivity contribution is -0.122. The SMILES string of the molecule is CCS(=O)(=O)N1CCN(CCC(NC(=O)N(C)Cc2csc(C(C)C)n2)C(=O)CC(CCC(Cc2ccccc2)NC(=O)OCc2cncs2)Cc2ccccc2)CC1. The topological polar surface area (TPSA) is 154 Å². The van der Waals surface area contributed by atoms with E-state index < -0.39 is 22.2 Å². The van der Waals surface area contributed by atoms with Crippen molar-refractivity contribution in [2.45, 2.75) is 90.4 Å². The third-order valence-electron chi connectivity index (χ3n) is 10.6. The average Bonchev–Trinajstić information content (AvgIpc) is 3.94. The Labute approximate surface area is 357 Å². The fourth-order valence-electron chi connectivity index (χ4n) is 7.14. The van der Waals surface area contributed by atoms with E-state index in [2.05, 4.69) is 46.5 Å². The number of carbonyl (C=O) groups excluding carboxylic acids is 3. The Bertz CT molecular complexity index is 1990. The minimum absolute atomic E-state index is 0.0628. The molecule has 59 heavy (non-hydrogen) atoms. The maximum Gasteiger partial charge on any atom is 0.407 e. The number of hydrogen-bond donors (Lipinski definition) is 2. The molecule has 2 aromatic heterocycles. The number of nitrogens with zero attached hydrogens (tertiary/aromatic N) is 5. The average molecular weight is 866 g/mol. The molecular weight excluding hydrogens is 807 g/mol. The molecule has 0 aliphatic carbocycles. The molecule has 13 nitrogen and oxygen atoms in total. The van der Waals surface area contributed by atoms with Gasteiger partial charge in [-0.15, -0.1) is 22.7 Å². The fraction of sp³-hybridized carbons (Fsp3) is 0.512. The van der Waals surface area contributed by atoms with Crippen LogP contribution in [0.1, 0.15) is 79.1 Å². The first kappa shape index (κ1) is 45.9. The number of hydrogen-bond acceptors (Lipinski definition) is 11. The van der Waals surface area contributed by atoms with E-state index in [4.69, 9.17) is 9.72 Å². The van der Waals surface area contributed by atoms with Gasteiger partial charge in [0, 0.05) is 69.7 Å². The van der Waals surface area contributed by atoms with Gasteiger partial charge in [-0.1, -0.05) is 74.5 Å². The van der Waals surface area contributed by atoms with Crippen LogP contribution in [0.5, 0.6) is 0 Å². The quantitative estimate of drug-likeness (QED) is 0.0876. The van der Waals surface area contributed by atoms with E-state index in [1.165, 1.54) is 15.6 Å². The molecule has 3 unspecified atom stereocenters. The molecule has 16 heteroatoms. The number of piperazine rings is 1. The number of aromatic nitrogens is 2. The molecule has 5 rings (SSSR count). The van der Waals surface area contributed by atoms with Gasteiger partial charge in [-0.3, -0.25) is 9.78 Å². The zero-order chi connectivity index (χ0) is 42.2. The van der Waals surface area contributed by atoms with E-state index >= 15 is 0 Å². The number of Topliss-reactive ketones (excluding diaryl/α,β-unsaturated/α-hetero) is 1. The number of benzene rings is 2. The van der Waals surface area contributed by atoms with Crippen molar-refractivity contribution < 1.29 is 27.5 Å². The van der Waals surface area contributed by atoms with Crippen LogP contribution in [-0.4, -0.2) is 108 Å². The third-order valence-corrected chi connectivity index (χ3v) is 14.4. The number of rotatable bonds is 22. The molecular formula is C43H59N7O6S3. The van der Waals surface area contributed by atoms with E-state index in [1.807, 2.05) is 53.9 Å². The maximum atomic E-state index is 14.5. The molecule has 2 aromatic carbocycles. The molecule has 1 fully saturated rings. The standard InChI is InChI=1S/C43H59N7O6S3/c1-5-59(54,55)50-22-20-49(21-23-50)19-18-39(47-42(52)48(4)28-37-30-57-41(45-37)32(2)3)40(51)26-35(24-33-12-8-6-9-13-33)16-17-36(25-34-14-10-7-11-15-34)46-43(53)56-29-38-27-44-31-58-38/h6-15,27,30-32,35-36,39H,5,16-26,28-29H2,1-4H3,(H,46,53)(H,47,52). The van der Waals surface area contributed by atoms with Gasteiger partial charge in [0.15, 0.2) is 5.78 Å². The first-order valence-electron chi connectivity index (χ1n) is 20.5. The Hall–Kier alpha value is -4.22. The highest BCUT2D eigenvalue weighted by molar-refractivity contribution is 7.89. The summed E-state index contributed by atoms with van der Waals surface area (Å²) < 4.78 is 32.1. The van der Waals surface area contributed by atoms with Gasteiger partial charge in [0.2, 0.25) is 10.0 Å². The molecule has 1 saturated heterocycles. The summed E-state index contributed by atoms with van der Waals surface area (Å²) in [5.41, 5.74) is 4.68. The summed E-state index contributed by atoms with van der Waals surface area (Å²) in [7, 11) is -1.57. The number of sulfonamides is 1. The van der Waals surface area contributed by atoms with Gasteiger partial charge in [-0.05, 0) is 56.1 Å². The lowest BCUT2D eigenvalue weighted by Gasteiger charge is -2.34. The number of carbonyl (C=O) groups is 3. The Kier molecular flexibility index (Phi) is 17.8. The van der Waals surface area contributed by atoms with E-state index in [1.54, 1.807) is 41.9 Å². The number of thiazole rings is 2. The minimum Gasteiger partial charge on any atom is -0.444 e. The predicted octanol–water partition coefficient (Wildman–Crippen LogP) is 6.73. The van der Waals surface area contributed by atoms with Crippen LogP contribution in [-0.2, 0) is 45.5 Å². The molecule has 3 heterocycles. The van der Waals surface area contributed by atoms with Gasteiger partial charge in [0.05, 0.1) is 39.4 Å². The fourth-order valence-corrected chi connectivity index (χ4v) is 9.56. The highest BCUT2D eigenvalue weighted by atomic mass is 32.2. The Morgan fingerprint density at radius 1 is 0.898 bits per heavy atom. The second kappa shape index (κ2) is 23.0. The van der Waals surface area contributed by atoms with Crippen molar-refractivity contribution in [1.82, 2.24) is 34.7 Å². The van der Waals surface area contributed by atoms with E-state index in [-0.39, 0.29) is 48.5 Å². The van der Waals surface area contributed by atoms with Crippen LogP contribution >= 0.6 is 22.7 Å². The molecule has 0 spiro atoms. The molecule has 1 aliphatic rings. The van der Waals surface area contributed by atoms with Crippen molar-refractivity contribution in [3.05, 3.63) is 104 Å². The lowest BCUT2D eigenvalue weighted by Crippen LogP contribution is -2.51. The molecule has 1 aliphatic heterocycles. The third kappa shape index (κ3) is 15.1. The predicted molar refractivity (Wildman–Crippen MR) is 234 cm³/mol. The summed E-state index contributed by atoms with van der Waals surface area (Å²) in [6.07, 6.45) is 4.28. The van der Waals surface area contributed by atoms with Crippen molar-refractivity contribution in [2.24, 2.45) is 5.92 Å².